The number of amides is 1. The van der Waals surface area contributed by atoms with Crippen LogP contribution in [-0.4, -0.2) is 29.3 Å². The first-order valence-electron chi connectivity index (χ1n) is 8.92. The molecule has 0 aliphatic carbocycles. The molecule has 0 spiro atoms. The molecule has 0 aliphatic rings. The van der Waals surface area contributed by atoms with Gasteiger partial charge < -0.3 is 9.30 Å². The highest BCUT2D eigenvalue weighted by atomic mass is 32.2. The number of fused-ring (bicyclic) bond motifs is 1. The molecule has 28 heavy (non-hydrogen) atoms. The Balaban J connectivity index is 2.15. The number of hydrogen-bond donors (Lipinski definition) is 0. The Morgan fingerprint density at radius 1 is 1.21 bits per heavy atom. The summed E-state index contributed by atoms with van der Waals surface area (Å²) in [5.74, 6) is -0.672. The second-order valence-electron chi connectivity index (χ2n) is 6.35. The number of carbonyl (C=O) groups excluding carboxylic acids is 2. The van der Waals surface area contributed by atoms with E-state index in [1.807, 2.05) is 44.4 Å². The van der Waals surface area contributed by atoms with Gasteiger partial charge in [0.2, 0.25) is 0 Å². The lowest BCUT2D eigenvalue weighted by Gasteiger charge is -2.06. The van der Waals surface area contributed by atoms with E-state index in [0.29, 0.717) is 17.0 Å². The van der Waals surface area contributed by atoms with Crippen molar-refractivity contribution in [2.75, 3.05) is 12.9 Å². The van der Waals surface area contributed by atoms with Gasteiger partial charge in [-0.15, -0.1) is 11.8 Å². The Morgan fingerprint density at radius 2 is 2.00 bits per heavy atom. The highest BCUT2D eigenvalue weighted by molar-refractivity contribution is 7.98. The SMILES string of the molecule is CCOC(=O)Cn1c(=NC(=O)c2cccc(SC)c2)sc2c(C)cc(C)cc21. The van der Waals surface area contributed by atoms with Crippen LogP contribution < -0.4 is 4.80 Å². The first-order valence-corrected chi connectivity index (χ1v) is 11.0. The first kappa shape index (κ1) is 20.4. The number of hydrogen-bond acceptors (Lipinski definition) is 5. The lowest BCUT2D eigenvalue weighted by atomic mass is 10.1. The van der Waals surface area contributed by atoms with Crippen molar-refractivity contribution in [2.45, 2.75) is 32.2 Å². The Morgan fingerprint density at radius 3 is 2.71 bits per heavy atom. The van der Waals surface area contributed by atoms with E-state index in [-0.39, 0.29) is 18.4 Å². The van der Waals surface area contributed by atoms with Crippen molar-refractivity contribution in [3.8, 4) is 0 Å². The minimum atomic E-state index is -0.348. The van der Waals surface area contributed by atoms with Crippen LogP contribution in [0.4, 0.5) is 0 Å². The molecule has 0 aliphatic heterocycles. The quantitative estimate of drug-likeness (QED) is 0.460. The Labute approximate surface area is 172 Å². The van der Waals surface area contributed by atoms with Gasteiger partial charge in [0.1, 0.15) is 6.54 Å². The molecule has 3 rings (SSSR count). The van der Waals surface area contributed by atoms with Crippen molar-refractivity contribution in [2.24, 2.45) is 4.99 Å². The smallest absolute Gasteiger partial charge is 0.326 e. The van der Waals surface area contributed by atoms with Crippen LogP contribution >= 0.6 is 23.1 Å². The van der Waals surface area contributed by atoms with E-state index in [4.69, 9.17) is 4.74 Å². The lowest BCUT2D eigenvalue weighted by Crippen LogP contribution is -2.23. The number of thioether (sulfide) groups is 1. The van der Waals surface area contributed by atoms with Crippen LogP contribution in [0.2, 0.25) is 0 Å². The number of aryl methyl sites for hydroxylation is 2. The molecule has 146 valence electrons. The summed E-state index contributed by atoms with van der Waals surface area (Å²) in [5, 5.41) is 0. The van der Waals surface area contributed by atoms with Crippen molar-refractivity contribution in [1.82, 2.24) is 4.57 Å². The lowest BCUT2D eigenvalue weighted by molar-refractivity contribution is -0.143. The van der Waals surface area contributed by atoms with Gasteiger partial charge in [0.25, 0.3) is 5.91 Å². The van der Waals surface area contributed by atoms with E-state index in [9.17, 15) is 9.59 Å². The van der Waals surface area contributed by atoms with E-state index < -0.39 is 0 Å². The maximum atomic E-state index is 12.8. The van der Waals surface area contributed by atoms with Crippen LogP contribution in [0, 0.1) is 13.8 Å². The second kappa shape index (κ2) is 8.75. The van der Waals surface area contributed by atoms with E-state index in [2.05, 4.69) is 11.1 Å². The molecule has 0 fully saturated rings. The minimum Gasteiger partial charge on any atom is -0.465 e. The molecule has 1 heterocycles. The third-order valence-corrected chi connectivity index (χ3v) is 6.18. The average Bonchev–Trinajstić information content (AvgIpc) is 2.99. The van der Waals surface area contributed by atoms with E-state index in [0.717, 1.165) is 26.2 Å². The summed E-state index contributed by atoms with van der Waals surface area (Å²) in [4.78, 5) is 30.8. The third kappa shape index (κ3) is 4.36. The second-order valence-corrected chi connectivity index (χ2v) is 8.21. The van der Waals surface area contributed by atoms with Gasteiger partial charge in [0.05, 0.1) is 16.8 Å². The third-order valence-electron chi connectivity index (χ3n) is 4.22. The van der Waals surface area contributed by atoms with Gasteiger partial charge in [-0.2, -0.15) is 4.99 Å². The maximum Gasteiger partial charge on any atom is 0.326 e. The summed E-state index contributed by atoms with van der Waals surface area (Å²) in [6, 6.07) is 11.5. The van der Waals surface area contributed by atoms with Crippen LogP contribution in [-0.2, 0) is 16.1 Å². The van der Waals surface area contributed by atoms with E-state index in [1.165, 1.54) is 11.3 Å². The van der Waals surface area contributed by atoms with Crippen molar-refractivity contribution >= 4 is 45.2 Å². The fourth-order valence-corrected chi connectivity index (χ4v) is 4.53. The van der Waals surface area contributed by atoms with Crippen molar-refractivity contribution in [1.29, 1.82) is 0 Å². The molecule has 1 amide bonds. The minimum absolute atomic E-state index is 0.0215. The molecule has 0 unspecified atom stereocenters. The molecule has 7 heteroatoms. The van der Waals surface area contributed by atoms with Gasteiger partial charge in [0.15, 0.2) is 4.80 Å². The summed E-state index contributed by atoms with van der Waals surface area (Å²) in [5.41, 5.74) is 3.60. The van der Waals surface area contributed by atoms with Gasteiger partial charge in [-0.05, 0) is 62.4 Å². The zero-order chi connectivity index (χ0) is 20.3. The summed E-state index contributed by atoms with van der Waals surface area (Å²) < 4.78 is 7.90. The fraction of sp³-hybridized carbons (Fsp3) is 0.286. The van der Waals surface area contributed by atoms with Crippen LogP contribution in [0.5, 0.6) is 0 Å². The Kier molecular flexibility index (Phi) is 6.36. The van der Waals surface area contributed by atoms with E-state index in [1.54, 1.807) is 29.3 Å². The molecule has 3 aromatic rings. The maximum absolute atomic E-state index is 12.8. The standard InChI is InChI=1S/C21H22N2O3S2/c1-5-26-18(24)12-23-17-10-13(2)9-14(3)19(17)28-21(23)22-20(25)15-7-6-8-16(11-15)27-4/h6-11H,5,12H2,1-4H3. The van der Waals surface area contributed by atoms with Crippen molar-refractivity contribution < 1.29 is 14.3 Å². The van der Waals surface area contributed by atoms with Gasteiger partial charge in [0, 0.05) is 10.5 Å². The molecule has 0 saturated heterocycles. The first-order chi connectivity index (χ1) is 13.4. The van der Waals surface area contributed by atoms with Gasteiger partial charge in [-0.25, -0.2) is 0 Å². The Bertz CT molecular complexity index is 1110. The van der Waals surface area contributed by atoms with Gasteiger partial charge in [-0.1, -0.05) is 23.5 Å². The molecule has 1 aromatic heterocycles. The number of aromatic nitrogens is 1. The molecule has 0 saturated carbocycles. The zero-order valence-electron chi connectivity index (χ0n) is 16.3. The average molecular weight is 415 g/mol. The number of nitrogens with zero attached hydrogens (tertiary/aromatic N) is 2. The van der Waals surface area contributed by atoms with Crippen LogP contribution in [0.1, 0.15) is 28.4 Å². The van der Waals surface area contributed by atoms with Crippen LogP contribution in [0.25, 0.3) is 10.2 Å². The molecular weight excluding hydrogens is 392 g/mol. The van der Waals surface area contributed by atoms with Gasteiger partial charge >= 0.3 is 5.97 Å². The van der Waals surface area contributed by atoms with Gasteiger partial charge in [-0.3, -0.25) is 9.59 Å². The number of ether oxygens (including phenoxy) is 1. The number of esters is 1. The molecule has 5 nitrogen and oxygen atoms in total. The number of rotatable bonds is 5. The zero-order valence-corrected chi connectivity index (χ0v) is 17.9. The summed E-state index contributed by atoms with van der Waals surface area (Å²) >= 11 is 2.99. The fourth-order valence-electron chi connectivity index (χ4n) is 2.99. The normalized spacial score (nSPS) is 11.8. The highest BCUT2D eigenvalue weighted by Crippen LogP contribution is 2.24. The monoisotopic (exact) mass is 414 g/mol. The molecule has 0 bridgehead atoms. The van der Waals surface area contributed by atoms with Crippen LogP contribution in [0.15, 0.2) is 46.3 Å². The van der Waals surface area contributed by atoms with Crippen LogP contribution in [0.3, 0.4) is 0 Å². The number of benzene rings is 2. The molecule has 0 N–H and O–H groups in total. The summed E-state index contributed by atoms with van der Waals surface area (Å²) in [6.45, 7) is 6.14. The number of thiazole rings is 1. The van der Waals surface area contributed by atoms with Crippen molar-refractivity contribution in [3.63, 3.8) is 0 Å². The summed E-state index contributed by atoms with van der Waals surface area (Å²) in [7, 11) is 0. The topological polar surface area (TPSA) is 60.7 Å². The predicted molar refractivity (Wildman–Crippen MR) is 114 cm³/mol. The molecular formula is C21H22N2O3S2. The molecule has 0 radical (unpaired) electrons. The number of carbonyl (C=O) groups is 2. The predicted octanol–water partition coefficient (Wildman–Crippen LogP) is 4.35. The summed E-state index contributed by atoms with van der Waals surface area (Å²) in [6.07, 6.45) is 1.96. The molecule has 0 atom stereocenters. The van der Waals surface area contributed by atoms with Crippen molar-refractivity contribution in [3.05, 3.63) is 57.9 Å². The molecule has 2 aromatic carbocycles. The van der Waals surface area contributed by atoms with E-state index >= 15 is 0 Å². The highest BCUT2D eigenvalue weighted by Gasteiger charge is 2.14. The Hall–Kier alpha value is -2.38. The largest absolute Gasteiger partial charge is 0.465 e.